The van der Waals surface area contributed by atoms with Gasteiger partial charge >= 0.3 is 0 Å². The Morgan fingerprint density at radius 2 is 1.34 bits per heavy atom. The summed E-state index contributed by atoms with van der Waals surface area (Å²) in [5, 5.41) is 0. The Hall–Kier alpha value is -1.18. The van der Waals surface area contributed by atoms with Crippen LogP contribution < -0.4 is 0 Å². The van der Waals surface area contributed by atoms with Crippen molar-refractivity contribution in [2.45, 2.75) is 96.3 Å². The number of halogens is 2. The van der Waals surface area contributed by atoms with Gasteiger partial charge in [-0.1, -0.05) is 75.8 Å². The van der Waals surface area contributed by atoms with E-state index in [1.165, 1.54) is 68.6 Å². The Morgan fingerprint density at radius 1 is 0.828 bits per heavy atom. The zero-order chi connectivity index (χ0) is 20.7. The number of aryl methyl sites for hydroxylation is 2. The molecule has 0 N–H and O–H groups in total. The third-order valence-corrected chi connectivity index (χ3v) is 7.63. The number of benzene rings is 1. The van der Waals surface area contributed by atoms with E-state index >= 15 is 0 Å². The van der Waals surface area contributed by atoms with Crippen LogP contribution in [0.2, 0.25) is 0 Å². The summed E-state index contributed by atoms with van der Waals surface area (Å²) in [6, 6.07) is 9.21. The summed E-state index contributed by atoms with van der Waals surface area (Å²) >= 11 is 0. The van der Waals surface area contributed by atoms with Crippen LogP contribution in [-0.4, -0.2) is 5.92 Å². The van der Waals surface area contributed by atoms with Crippen molar-refractivity contribution >= 4 is 0 Å². The molecule has 1 aromatic rings. The lowest BCUT2D eigenvalue weighted by Gasteiger charge is -2.35. The second-order valence-corrected chi connectivity index (χ2v) is 9.82. The Balaban J connectivity index is 1.33. The Labute approximate surface area is 177 Å². The van der Waals surface area contributed by atoms with Crippen molar-refractivity contribution in [2.24, 2.45) is 23.7 Å². The highest BCUT2D eigenvalue weighted by molar-refractivity contribution is 5.22. The Morgan fingerprint density at radius 3 is 1.90 bits per heavy atom. The van der Waals surface area contributed by atoms with E-state index in [1.807, 2.05) is 0 Å². The highest BCUT2D eigenvalue weighted by Crippen LogP contribution is 2.44. The first-order valence-electron chi connectivity index (χ1n) is 12.1. The van der Waals surface area contributed by atoms with Crippen molar-refractivity contribution in [3.63, 3.8) is 0 Å². The molecule has 0 heterocycles. The second kappa shape index (κ2) is 10.7. The number of hydrogen-bond acceptors (Lipinski definition) is 0. The number of allylic oxidation sites excluding steroid dienone is 1. The van der Waals surface area contributed by atoms with Crippen LogP contribution in [-0.2, 0) is 12.8 Å². The van der Waals surface area contributed by atoms with E-state index in [2.05, 4.69) is 37.8 Å². The van der Waals surface area contributed by atoms with E-state index in [0.29, 0.717) is 6.42 Å². The smallest absolute Gasteiger partial charge is 0.206 e. The molecule has 1 aromatic carbocycles. The molecule has 162 valence electrons. The molecule has 2 heteroatoms. The summed E-state index contributed by atoms with van der Waals surface area (Å²) in [4.78, 5) is 0. The molecular weight excluding hydrogens is 362 g/mol. The SMILES string of the molecule is C=CC1CCC(CCC2CCC(CCc3ccc(CCC)cc3)CC2)CC1(F)F. The quantitative estimate of drug-likeness (QED) is 0.364. The van der Waals surface area contributed by atoms with Crippen molar-refractivity contribution in [3.8, 4) is 0 Å². The van der Waals surface area contributed by atoms with Gasteiger partial charge in [0.15, 0.2) is 0 Å². The monoisotopic (exact) mass is 402 g/mol. The summed E-state index contributed by atoms with van der Waals surface area (Å²) in [5.41, 5.74) is 2.93. The minimum atomic E-state index is -2.53. The van der Waals surface area contributed by atoms with Gasteiger partial charge < -0.3 is 0 Å². The summed E-state index contributed by atoms with van der Waals surface area (Å²) in [6.45, 7) is 5.83. The summed E-state index contributed by atoms with van der Waals surface area (Å²) < 4.78 is 28.3. The van der Waals surface area contributed by atoms with Gasteiger partial charge in [-0.3, -0.25) is 0 Å². The molecule has 2 saturated carbocycles. The standard InChI is InChI=1S/C27H40F2/c1-3-5-21-6-8-22(9-7-21)10-11-23-12-14-24(15-13-23)16-17-25-18-19-26(4-2)27(28,29)20-25/h4,6-9,23-26H,2-3,5,10-20H2,1H3. The van der Waals surface area contributed by atoms with Crippen LogP contribution in [0.15, 0.2) is 36.9 Å². The average Bonchev–Trinajstić information content (AvgIpc) is 2.72. The topological polar surface area (TPSA) is 0 Å². The largest absolute Gasteiger partial charge is 0.254 e. The summed E-state index contributed by atoms with van der Waals surface area (Å²) in [5.74, 6) is -1.29. The third kappa shape index (κ3) is 6.66. The number of hydrogen-bond donors (Lipinski definition) is 0. The lowest BCUT2D eigenvalue weighted by atomic mass is 9.73. The van der Waals surface area contributed by atoms with Crippen LogP contribution >= 0.6 is 0 Å². The van der Waals surface area contributed by atoms with Crippen molar-refractivity contribution in [1.29, 1.82) is 0 Å². The van der Waals surface area contributed by atoms with Crippen LogP contribution in [0.4, 0.5) is 8.78 Å². The molecule has 3 rings (SSSR count). The third-order valence-electron chi connectivity index (χ3n) is 7.63. The van der Waals surface area contributed by atoms with Gasteiger partial charge in [0.1, 0.15) is 0 Å². The van der Waals surface area contributed by atoms with E-state index in [-0.39, 0.29) is 12.3 Å². The molecule has 0 aromatic heterocycles. The lowest BCUT2D eigenvalue weighted by Crippen LogP contribution is -2.34. The van der Waals surface area contributed by atoms with Crippen LogP contribution in [0.1, 0.15) is 88.7 Å². The summed E-state index contributed by atoms with van der Waals surface area (Å²) in [6.07, 6.45) is 15.4. The van der Waals surface area contributed by atoms with Gasteiger partial charge in [-0.25, -0.2) is 8.78 Å². The van der Waals surface area contributed by atoms with Gasteiger partial charge in [-0.15, -0.1) is 6.58 Å². The normalized spacial score (nSPS) is 29.5. The molecule has 2 aliphatic rings. The zero-order valence-corrected chi connectivity index (χ0v) is 18.4. The molecule has 0 spiro atoms. The fraction of sp³-hybridized carbons (Fsp3) is 0.704. The molecular formula is C27H40F2. The van der Waals surface area contributed by atoms with Crippen molar-refractivity contribution in [2.75, 3.05) is 0 Å². The van der Waals surface area contributed by atoms with Gasteiger partial charge in [0, 0.05) is 12.3 Å². The maximum absolute atomic E-state index is 14.2. The molecule has 0 aliphatic heterocycles. The molecule has 0 saturated heterocycles. The second-order valence-electron chi connectivity index (χ2n) is 9.82. The van der Waals surface area contributed by atoms with Crippen molar-refractivity contribution < 1.29 is 8.78 Å². The van der Waals surface area contributed by atoms with E-state index in [4.69, 9.17) is 0 Å². The Kier molecular flexibility index (Phi) is 8.33. The predicted octanol–water partition coefficient (Wildman–Crippen LogP) is 8.40. The van der Waals surface area contributed by atoms with Crippen LogP contribution in [0.25, 0.3) is 0 Å². The fourth-order valence-corrected chi connectivity index (χ4v) is 5.61. The van der Waals surface area contributed by atoms with E-state index < -0.39 is 11.8 Å². The molecule has 0 nitrogen and oxygen atoms in total. The molecule has 0 bridgehead atoms. The van der Waals surface area contributed by atoms with E-state index in [9.17, 15) is 8.78 Å². The Bertz CT molecular complexity index is 610. The molecule has 2 unspecified atom stereocenters. The maximum atomic E-state index is 14.2. The number of rotatable bonds is 9. The minimum absolute atomic E-state index is 0.0794. The molecule has 0 radical (unpaired) electrons. The first-order chi connectivity index (χ1) is 14.0. The van der Waals surface area contributed by atoms with Crippen LogP contribution in [0.3, 0.4) is 0 Å². The zero-order valence-electron chi connectivity index (χ0n) is 18.4. The summed E-state index contributed by atoms with van der Waals surface area (Å²) in [7, 11) is 0. The fourth-order valence-electron chi connectivity index (χ4n) is 5.61. The minimum Gasteiger partial charge on any atom is -0.206 e. The molecule has 2 aliphatic carbocycles. The molecule has 0 amide bonds. The maximum Gasteiger partial charge on any atom is 0.254 e. The van der Waals surface area contributed by atoms with Crippen LogP contribution in [0.5, 0.6) is 0 Å². The highest BCUT2D eigenvalue weighted by Gasteiger charge is 2.43. The molecule has 2 fully saturated rings. The van der Waals surface area contributed by atoms with Gasteiger partial charge in [-0.05, 0) is 67.4 Å². The number of alkyl halides is 2. The first-order valence-corrected chi connectivity index (χ1v) is 12.1. The molecule has 2 atom stereocenters. The lowest BCUT2D eigenvalue weighted by molar-refractivity contribution is -0.0864. The van der Waals surface area contributed by atoms with Gasteiger partial charge in [0.05, 0.1) is 0 Å². The van der Waals surface area contributed by atoms with Gasteiger partial charge in [-0.2, -0.15) is 0 Å². The molecule has 29 heavy (non-hydrogen) atoms. The van der Waals surface area contributed by atoms with Gasteiger partial charge in [0.25, 0.3) is 5.92 Å². The van der Waals surface area contributed by atoms with Crippen LogP contribution in [0, 0.1) is 23.7 Å². The predicted molar refractivity (Wildman–Crippen MR) is 119 cm³/mol. The van der Waals surface area contributed by atoms with Crippen molar-refractivity contribution in [3.05, 3.63) is 48.0 Å². The van der Waals surface area contributed by atoms with Gasteiger partial charge in [0.2, 0.25) is 0 Å². The van der Waals surface area contributed by atoms with E-state index in [0.717, 1.165) is 31.1 Å². The van der Waals surface area contributed by atoms with Crippen molar-refractivity contribution in [1.82, 2.24) is 0 Å². The first kappa shape index (κ1) is 22.5. The average molecular weight is 403 g/mol. The van der Waals surface area contributed by atoms with E-state index in [1.54, 1.807) is 0 Å². The highest BCUT2D eigenvalue weighted by atomic mass is 19.3.